The van der Waals surface area contributed by atoms with Gasteiger partial charge in [0.05, 0.1) is 16.3 Å². The summed E-state index contributed by atoms with van der Waals surface area (Å²) in [5, 5.41) is 0.133. The standard InChI is InChI=1S/C17H17ClFN3O/c18-13-7-10(1-4-14(13)19)8-22-6-5-15-12(9-22)17(23)21-16(20-15)11-2-3-11/h1,4,7,11H,2-3,5-6,8-9H2,(H,20,21,23). The van der Waals surface area contributed by atoms with Gasteiger partial charge in [-0.25, -0.2) is 9.37 Å². The molecule has 0 saturated heterocycles. The van der Waals surface area contributed by atoms with Gasteiger partial charge in [-0.15, -0.1) is 0 Å². The summed E-state index contributed by atoms with van der Waals surface area (Å²) < 4.78 is 13.2. The normalized spacial score (nSPS) is 18.0. The maximum Gasteiger partial charge on any atom is 0.255 e. The smallest absolute Gasteiger partial charge is 0.255 e. The number of hydrogen-bond donors (Lipinski definition) is 1. The third-order valence-corrected chi connectivity index (χ3v) is 4.81. The Labute approximate surface area is 138 Å². The van der Waals surface area contributed by atoms with Gasteiger partial charge in [-0.3, -0.25) is 9.69 Å². The van der Waals surface area contributed by atoms with Crippen LogP contribution in [0.3, 0.4) is 0 Å². The summed E-state index contributed by atoms with van der Waals surface area (Å²) in [7, 11) is 0. The van der Waals surface area contributed by atoms with Crippen LogP contribution in [0.4, 0.5) is 4.39 Å². The predicted octanol–water partition coefficient (Wildman–Crippen LogP) is 3.00. The highest BCUT2D eigenvalue weighted by molar-refractivity contribution is 6.30. The number of benzene rings is 1. The molecule has 0 bridgehead atoms. The van der Waals surface area contributed by atoms with Gasteiger partial charge in [-0.2, -0.15) is 0 Å². The Morgan fingerprint density at radius 2 is 2.22 bits per heavy atom. The number of H-pyrrole nitrogens is 1. The molecule has 0 unspecified atom stereocenters. The van der Waals surface area contributed by atoms with Crippen LogP contribution in [-0.2, 0) is 19.5 Å². The van der Waals surface area contributed by atoms with Crippen LogP contribution in [0.15, 0.2) is 23.0 Å². The van der Waals surface area contributed by atoms with Gasteiger partial charge in [0.1, 0.15) is 11.6 Å². The molecule has 2 aliphatic rings. The Kier molecular flexibility index (Phi) is 3.70. The largest absolute Gasteiger partial charge is 0.310 e. The second kappa shape index (κ2) is 5.73. The van der Waals surface area contributed by atoms with Crippen molar-refractivity contribution in [1.82, 2.24) is 14.9 Å². The topological polar surface area (TPSA) is 49.0 Å². The van der Waals surface area contributed by atoms with Crippen LogP contribution in [-0.4, -0.2) is 21.4 Å². The van der Waals surface area contributed by atoms with E-state index in [0.717, 1.165) is 48.5 Å². The lowest BCUT2D eigenvalue weighted by molar-refractivity contribution is 0.241. The second-order valence-corrected chi connectivity index (χ2v) is 6.77. The van der Waals surface area contributed by atoms with Crippen molar-refractivity contribution in [2.24, 2.45) is 0 Å². The quantitative estimate of drug-likeness (QED) is 0.939. The highest BCUT2D eigenvalue weighted by Gasteiger charge is 2.29. The minimum absolute atomic E-state index is 0.0151. The lowest BCUT2D eigenvalue weighted by Crippen LogP contribution is -2.35. The number of fused-ring (bicyclic) bond motifs is 1. The van der Waals surface area contributed by atoms with E-state index in [0.29, 0.717) is 19.0 Å². The van der Waals surface area contributed by atoms with E-state index >= 15 is 0 Å². The van der Waals surface area contributed by atoms with Gasteiger partial charge < -0.3 is 4.98 Å². The van der Waals surface area contributed by atoms with Crippen molar-refractivity contribution < 1.29 is 4.39 Å². The molecule has 1 aliphatic heterocycles. The van der Waals surface area contributed by atoms with Gasteiger partial charge >= 0.3 is 0 Å². The molecule has 2 aromatic rings. The average molecular weight is 334 g/mol. The number of rotatable bonds is 3. The van der Waals surface area contributed by atoms with Crippen LogP contribution < -0.4 is 5.56 Å². The molecule has 1 aromatic carbocycles. The molecule has 4 nitrogen and oxygen atoms in total. The molecule has 2 heterocycles. The molecule has 0 spiro atoms. The lowest BCUT2D eigenvalue weighted by Gasteiger charge is -2.27. The number of aromatic amines is 1. The van der Waals surface area contributed by atoms with E-state index in [9.17, 15) is 9.18 Å². The number of nitrogens with one attached hydrogen (secondary N) is 1. The van der Waals surface area contributed by atoms with Gasteiger partial charge in [0.2, 0.25) is 0 Å². The monoisotopic (exact) mass is 333 g/mol. The first-order valence-electron chi connectivity index (χ1n) is 7.88. The van der Waals surface area contributed by atoms with E-state index in [-0.39, 0.29) is 10.6 Å². The van der Waals surface area contributed by atoms with Crippen molar-refractivity contribution in [2.45, 2.75) is 38.3 Å². The Balaban J connectivity index is 1.54. The zero-order chi connectivity index (χ0) is 16.0. The molecular weight excluding hydrogens is 317 g/mol. The molecule has 4 rings (SSSR count). The zero-order valence-corrected chi connectivity index (χ0v) is 13.4. The Morgan fingerprint density at radius 1 is 1.39 bits per heavy atom. The van der Waals surface area contributed by atoms with Crippen molar-refractivity contribution in [1.29, 1.82) is 0 Å². The van der Waals surface area contributed by atoms with Gasteiger partial charge in [0.15, 0.2) is 0 Å². The van der Waals surface area contributed by atoms with Crippen LogP contribution in [0.1, 0.15) is 41.4 Å². The third-order valence-electron chi connectivity index (χ3n) is 4.52. The van der Waals surface area contributed by atoms with Crippen molar-refractivity contribution in [3.05, 3.63) is 62.0 Å². The maximum absolute atomic E-state index is 13.2. The number of nitrogens with zero attached hydrogens (tertiary/aromatic N) is 2. The number of hydrogen-bond acceptors (Lipinski definition) is 3. The summed E-state index contributed by atoms with van der Waals surface area (Å²) in [4.78, 5) is 22.1. The van der Waals surface area contributed by atoms with Crippen molar-refractivity contribution in [3.63, 3.8) is 0 Å². The summed E-state index contributed by atoms with van der Waals surface area (Å²) >= 11 is 5.83. The molecule has 23 heavy (non-hydrogen) atoms. The van der Waals surface area contributed by atoms with Gasteiger partial charge in [0.25, 0.3) is 5.56 Å². The van der Waals surface area contributed by atoms with E-state index in [1.54, 1.807) is 12.1 Å². The molecule has 0 amide bonds. The predicted molar refractivity (Wildman–Crippen MR) is 86.1 cm³/mol. The summed E-state index contributed by atoms with van der Waals surface area (Å²) in [5.41, 5.74) is 2.62. The molecule has 0 radical (unpaired) electrons. The SMILES string of the molecule is O=c1[nH]c(C2CC2)nc2c1CN(Cc1ccc(F)c(Cl)c1)CC2. The average Bonchev–Trinajstić information content (AvgIpc) is 3.36. The first kappa shape index (κ1) is 14.8. The van der Waals surface area contributed by atoms with Crippen LogP contribution in [0.5, 0.6) is 0 Å². The van der Waals surface area contributed by atoms with E-state index in [4.69, 9.17) is 11.6 Å². The molecule has 1 aliphatic carbocycles. The fourth-order valence-electron chi connectivity index (χ4n) is 3.08. The van der Waals surface area contributed by atoms with Crippen LogP contribution in [0.2, 0.25) is 5.02 Å². The summed E-state index contributed by atoms with van der Waals surface area (Å²) in [6, 6.07) is 4.76. The first-order chi connectivity index (χ1) is 11.1. The molecule has 1 saturated carbocycles. The molecule has 120 valence electrons. The van der Waals surface area contributed by atoms with Gasteiger partial charge in [-0.1, -0.05) is 17.7 Å². The number of halogens is 2. The fourth-order valence-corrected chi connectivity index (χ4v) is 3.28. The van der Waals surface area contributed by atoms with Crippen LogP contribution >= 0.6 is 11.6 Å². The third kappa shape index (κ3) is 3.03. The summed E-state index contributed by atoms with van der Waals surface area (Å²) in [6.07, 6.45) is 3.02. The summed E-state index contributed by atoms with van der Waals surface area (Å²) in [6.45, 7) is 2.05. The Morgan fingerprint density at radius 3 is 2.96 bits per heavy atom. The van der Waals surface area contributed by atoms with E-state index in [1.807, 2.05) is 0 Å². The maximum atomic E-state index is 13.2. The van der Waals surface area contributed by atoms with E-state index in [2.05, 4.69) is 14.9 Å². The minimum Gasteiger partial charge on any atom is -0.310 e. The molecular formula is C17H17ClFN3O. The molecule has 1 aromatic heterocycles. The van der Waals surface area contributed by atoms with E-state index < -0.39 is 5.82 Å². The van der Waals surface area contributed by atoms with E-state index in [1.165, 1.54) is 6.07 Å². The zero-order valence-electron chi connectivity index (χ0n) is 12.6. The second-order valence-electron chi connectivity index (χ2n) is 6.36. The molecule has 1 N–H and O–H groups in total. The van der Waals surface area contributed by atoms with Gasteiger partial charge in [-0.05, 0) is 30.5 Å². The van der Waals surface area contributed by atoms with Gasteiger partial charge in [0, 0.05) is 32.0 Å². The van der Waals surface area contributed by atoms with Crippen LogP contribution in [0, 0.1) is 5.82 Å². The van der Waals surface area contributed by atoms with Crippen molar-refractivity contribution in [3.8, 4) is 0 Å². The molecule has 6 heteroatoms. The lowest BCUT2D eigenvalue weighted by atomic mass is 10.1. The highest BCUT2D eigenvalue weighted by atomic mass is 35.5. The fraction of sp³-hybridized carbons (Fsp3) is 0.412. The molecule has 1 fully saturated rings. The van der Waals surface area contributed by atoms with Crippen molar-refractivity contribution >= 4 is 11.6 Å². The van der Waals surface area contributed by atoms with Crippen LogP contribution in [0.25, 0.3) is 0 Å². The highest BCUT2D eigenvalue weighted by Crippen LogP contribution is 2.37. The summed E-state index contributed by atoms with van der Waals surface area (Å²) in [5.74, 6) is 0.896. The Hall–Kier alpha value is -1.72. The minimum atomic E-state index is -0.410. The van der Waals surface area contributed by atoms with Crippen molar-refractivity contribution in [2.75, 3.05) is 6.54 Å². The molecule has 0 atom stereocenters. The number of aromatic nitrogens is 2. The first-order valence-corrected chi connectivity index (χ1v) is 8.26. The Bertz CT molecular complexity index is 816.